The molecule has 0 spiro atoms. The van der Waals surface area contributed by atoms with Gasteiger partial charge >= 0.3 is 6.03 Å². The molecule has 5 nitrogen and oxygen atoms in total. The fraction of sp³-hybridized carbons (Fsp3) is 0.562. The van der Waals surface area contributed by atoms with Gasteiger partial charge in [-0.1, -0.05) is 18.2 Å². The van der Waals surface area contributed by atoms with Gasteiger partial charge in [-0.3, -0.25) is 0 Å². The molecule has 114 valence electrons. The van der Waals surface area contributed by atoms with Crippen molar-refractivity contribution >= 4 is 6.03 Å². The van der Waals surface area contributed by atoms with E-state index < -0.39 is 0 Å². The molecular formula is C16H22N2O3. The summed E-state index contributed by atoms with van der Waals surface area (Å²) in [4.78, 5) is 14.0. The predicted octanol–water partition coefficient (Wildman–Crippen LogP) is 1.40. The molecule has 2 atom stereocenters. The number of urea groups is 1. The molecule has 2 N–H and O–H groups in total. The second kappa shape index (κ2) is 6.35. The van der Waals surface area contributed by atoms with E-state index in [1.807, 2.05) is 18.2 Å². The third-order valence-electron chi connectivity index (χ3n) is 4.26. The van der Waals surface area contributed by atoms with E-state index >= 15 is 0 Å². The number of benzene rings is 1. The van der Waals surface area contributed by atoms with Crippen molar-refractivity contribution in [1.29, 1.82) is 0 Å². The van der Waals surface area contributed by atoms with E-state index in [4.69, 9.17) is 4.74 Å². The lowest BCUT2D eigenvalue weighted by atomic mass is 9.99. The van der Waals surface area contributed by atoms with Crippen LogP contribution in [0.3, 0.4) is 0 Å². The SMILES string of the molecule is O=C(NCC1Cc2ccccc2O1)N1CCCC(CO)C1. The Morgan fingerprint density at radius 2 is 2.29 bits per heavy atom. The zero-order valence-corrected chi connectivity index (χ0v) is 12.1. The van der Waals surface area contributed by atoms with Crippen molar-refractivity contribution in [3.05, 3.63) is 29.8 Å². The Morgan fingerprint density at radius 1 is 1.43 bits per heavy atom. The molecular weight excluding hydrogens is 268 g/mol. The van der Waals surface area contributed by atoms with Crippen molar-refractivity contribution in [2.45, 2.75) is 25.4 Å². The van der Waals surface area contributed by atoms with Gasteiger partial charge in [0.1, 0.15) is 11.9 Å². The number of piperidine rings is 1. The first-order valence-corrected chi connectivity index (χ1v) is 7.64. The van der Waals surface area contributed by atoms with E-state index in [2.05, 4.69) is 11.4 Å². The average Bonchev–Trinajstić information content (AvgIpc) is 2.95. The molecule has 0 saturated carbocycles. The highest BCUT2D eigenvalue weighted by molar-refractivity contribution is 5.74. The van der Waals surface area contributed by atoms with E-state index in [9.17, 15) is 9.90 Å². The molecule has 2 aliphatic heterocycles. The molecule has 1 fully saturated rings. The van der Waals surface area contributed by atoms with E-state index in [-0.39, 0.29) is 24.7 Å². The van der Waals surface area contributed by atoms with E-state index in [0.29, 0.717) is 13.1 Å². The van der Waals surface area contributed by atoms with Gasteiger partial charge < -0.3 is 20.1 Å². The first kappa shape index (κ1) is 14.2. The van der Waals surface area contributed by atoms with Crippen molar-refractivity contribution in [1.82, 2.24) is 10.2 Å². The number of carbonyl (C=O) groups is 1. The smallest absolute Gasteiger partial charge is 0.317 e. The number of amides is 2. The molecule has 3 rings (SSSR count). The summed E-state index contributed by atoms with van der Waals surface area (Å²) in [6.45, 7) is 2.10. The zero-order valence-electron chi connectivity index (χ0n) is 12.1. The van der Waals surface area contributed by atoms with Gasteiger partial charge in [-0.15, -0.1) is 0 Å². The number of hydrogen-bond acceptors (Lipinski definition) is 3. The summed E-state index contributed by atoms with van der Waals surface area (Å²) in [5.41, 5.74) is 1.20. The second-order valence-corrected chi connectivity index (χ2v) is 5.87. The van der Waals surface area contributed by atoms with Gasteiger partial charge in [-0.05, 0) is 30.4 Å². The monoisotopic (exact) mass is 290 g/mol. The highest BCUT2D eigenvalue weighted by Crippen LogP contribution is 2.27. The average molecular weight is 290 g/mol. The topological polar surface area (TPSA) is 61.8 Å². The number of aliphatic hydroxyl groups excluding tert-OH is 1. The van der Waals surface area contributed by atoms with Gasteiger partial charge in [-0.2, -0.15) is 0 Å². The molecule has 1 saturated heterocycles. The van der Waals surface area contributed by atoms with Crippen LogP contribution in [0.1, 0.15) is 18.4 Å². The van der Waals surface area contributed by atoms with Crippen molar-refractivity contribution in [2.24, 2.45) is 5.92 Å². The minimum absolute atomic E-state index is 0.0183. The molecule has 5 heteroatoms. The summed E-state index contributed by atoms with van der Waals surface area (Å²) in [5.74, 6) is 1.14. The normalized spacial score (nSPS) is 24.3. The van der Waals surface area contributed by atoms with Crippen LogP contribution in [0.5, 0.6) is 5.75 Å². The molecule has 0 radical (unpaired) electrons. The van der Waals surface area contributed by atoms with Gasteiger partial charge in [0.2, 0.25) is 0 Å². The van der Waals surface area contributed by atoms with Crippen LogP contribution in [0.2, 0.25) is 0 Å². The Labute approximate surface area is 124 Å². The van der Waals surface area contributed by atoms with Crippen molar-refractivity contribution < 1.29 is 14.6 Å². The molecule has 0 aliphatic carbocycles. The van der Waals surface area contributed by atoms with Crippen LogP contribution in [0.25, 0.3) is 0 Å². The third-order valence-corrected chi connectivity index (χ3v) is 4.26. The van der Waals surface area contributed by atoms with Gasteiger partial charge in [0.15, 0.2) is 0 Å². The van der Waals surface area contributed by atoms with E-state index in [1.54, 1.807) is 4.90 Å². The number of likely N-dealkylation sites (tertiary alicyclic amines) is 1. The first-order chi connectivity index (χ1) is 10.3. The lowest BCUT2D eigenvalue weighted by molar-refractivity contribution is 0.127. The van der Waals surface area contributed by atoms with Crippen LogP contribution in [-0.2, 0) is 6.42 Å². The Kier molecular flexibility index (Phi) is 4.29. The summed E-state index contributed by atoms with van der Waals surface area (Å²) < 4.78 is 5.81. The molecule has 1 aromatic rings. The summed E-state index contributed by atoms with van der Waals surface area (Å²) in [5, 5.41) is 12.2. The van der Waals surface area contributed by atoms with Gasteiger partial charge in [0.25, 0.3) is 0 Å². The number of nitrogens with zero attached hydrogens (tertiary/aromatic N) is 1. The number of hydrogen-bond donors (Lipinski definition) is 2. The Balaban J connectivity index is 1.47. The summed E-state index contributed by atoms with van der Waals surface area (Å²) in [6, 6.07) is 7.95. The fourth-order valence-corrected chi connectivity index (χ4v) is 3.08. The summed E-state index contributed by atoms with van der Waals surface area (Å²) in [6.07, 6.45) is 2.82. The molecule has 1 aromatic carbocycles. The number of nitrogens with one attached hydrogen (secondary N) is 1. The Morgan fingerprint density at radius 3 is 3.10 bits per heavy atom. The van der Waals surface area contributed by atoms with Crippen LogP contribution in [-0.4, -0.2) is 48.4 Å². The van der Waals surface area contributed by atoms with Gasteiger partial charge in [-0.25, -0.2) is 4.79 Å². The molecule has 0 aromatic heterocycles. The van der Waals surface area contributed by atoms with E-state index in [1.165, 1.54) is 5.56 Å². The number of rotatable bonds is 3. The van der Waals surface area contributed by atoms with Crippen LogP contribution in [0, 0.1) is 5.92 Å². The van der Waals surface area contributed by atoms with Crippen molar-refractivity contribution in [3.8, 4) is 5.75 Å². The summed E-state index contributed by atoms with van der Waals surface area (Å²) >= 11 is 0. The van der Waals surface area contributed by atoms with Crippen LogP contribution in [0.4, 0.5) is 4.79 Å². The minimum Gasteiger partial charge on any atom is -0.488 e. The number of ether oxygens (including phenoxy) is 1. The highest BCUT2D eigenvalue weighted by Gasteiger charge is 2.26. The first-order valence-electron chi connectivity index (χ1n) is 7.64. The standard InChI is InChI=1S/C16H22N2O3/c19-11-12-4-3-7-18(10-12)16(20)17-9-14-8-13-5-1-2-6-15(13)21-14/h1-2,5-6,12,14,19H,3-4,7-11H2,(H,17,20). The molecule has 21 heavy (non-hydrogen) atoms. The second-order valence-electron chi connectivity index (χ2n) is 5.87. The number of aliphatic hydroxyl groups is 1. The number of para-hydroxylation sites is 1. The lowest BCUT2D eigenvalue weighted by Crippen LogP contribution is -2.48. The number of fused-ring (bicyclic) bond motifs is 1. The molecule has 2 amide bonds. The Hall–Kier alpha value is -1.75. The molecule has 0 bridgehead atoms. The van der Waals surface area contributed by atoms with Crippen molar-refractivity contribution in [2.75, 3.05) is 26.2 Å². The quantitative estimate of drug-likeness (QED) is 0.884. The Bertz CT molecular complexity index is 481. The van der Waals surface area contributed by atoms with Gasteiger partial charge in [0.05, 0.1) is 6.54 Å². The predicted molar refractivity (Wildman–Crippen MR) is 79.3 cm³/mol. The van der Waals surface area contributed by atoms with Crippen LogP contribution < -0.4 is 10.1 Å². The molecule has 2 unspecified atom stereocenters. The maximum atomic E-state index is 12.2. The molecule has 2 heterocycles. The molecule has 2 aliphatic rings. The van der Waals surface area contributed by atoms with Crippen LogP contribution in [0.15, 0.2) is 24.3 Å². The zero-order chi connectivity index (χ0) is 14.7. The van der Waals surface area contributed by atoms with Crippen molar-refractivity contribution in [3.63, 3.8) is 0 Å². The fourth-order valence-electron chi connectivity index (χ4n) is 3.08. The third kappa shape index (κ3) is 3.29. The van der Waals surface area contributed by atoms with Crippen LogP contribution >= 0.6 is 0 Å². The number of carbonyl (C=O) groups excluding carboxylic acids is 1. The minimum atomic E-state index is -0.0484. The summed E-state index contributed by atoms with van der Waals surface area (Å²) in [7, 11) is 0. The highest BCUT2D eigenvalue weighted by atomic mass is 16.5. The maximum Gasteiger partial charge on any atom is 0.317 e. The maximum absolute atomic E-state index is 12.2. The van der Waals surface area contributed by atoms with E-state index in [0.717, 1.165) is 31.6 Å². The largest absolute Gasteiger partial charge is 0.488 e. The van der Waals surface area contributed by atoms with Gasteiger partial charge in [0, 0.05) is 26.1 Å². The lowest BCUT2D eigenvalue weighted by Gasteiger charge is -2.32.